The van der Waals surface area contributed by atoms with Gasteiger partial charge in [-0.05, 0) is 38.3 Å². The molecule has 0 aromatic carbocycles. The molecule has 1 aliphatic rings. The van der Waals surface area contributed by atoms with Crippen LogP contribution < -0.4 is 5.32 Å². The van der Waals surface area contributed by atoms with E-state index >= 15 is 0 Å². The normalized spacial score (nSPS) is 28.7. The van der Waals surface area contributed by atoms with Crippen LogP contribution in [-0.2, 0) is 0 Å². The van der Waals surface area contributed by atoms with Gasteiger partial charge in [-0.1, -0.05) is 20.8 Å². The topological polar surface area (TPSA) is 15.3 Å². The zero-order chi connectivity index (χ0) is 14.0. The van der Waals surface area contributed by atoms with E-state index in [0.29, 0.717) is 6.54 Å². The maximum Gasteiger partial charge on any atom is 0.401 e. The van der Waals surface area contributed by atoms with Gasteiger partial charge in [0.1, 0.15) is 0 Å². The van der Waals surface area contributed by atoms with Crippen molar-refractivity contribution in [2.24, 2.45) is 5.41 Å². The van der Waals surface area contributed by atoms with Crippen molar-refractivity contribution in [1.82, 2.24) is 10.2 Å². The maximum absolute atomic E-state index is 12.6. The summed E-state index contributed by atoms with van der Waals surface area (Å²) >= 11 is 0. The van der Waals surface area contributed by atoms with E-state index in [-0.39, 0.29) is 17.5 Å². The summed E-state index contributed by atoms with van der Waals surface area (Å²) in [7, 11) is 1.84. The minimum absolute atomic E-state index is 0.0228. The number of hydrogen-bond acceptors (Lipinski definition) is 2. The van der Waals surface area contributed by atoms with Crippen LogP contribution in [0.2, 0.25) is 0 Å². The van der Waals surface area contributed by atoms with E-state index < -0.39 is 12.7 Å². The van der Waals surface area contributed by atoms with Gasteiger partial charge < -0.3 is 5.32 Å². The minimum atomic E-state index is -4.12. The van der Waals surface area contributed by atoms with Gasteiger partial charge in [0.25, 0.3) is 0 Å². The summed E-state index contributed by atoms with van der Waals surface area (Å²) < 4.78 is 37.8. The van der Waals surface area contributed by atoms with Gasteiger partial charge in [-0.25, -0.2) is 0 Å². The van der Waals surface area contributed by atoms with E-state index in [1.165, 1.54) is 0 Å². The first-order valence-corrected chi connectivity index (χ1v) is 6.66. The number of halogens is 3. The minimum Gasteiger partial charge on any atom is -0.315 e. The van der Waals surface area contributed by atoms with E-state index in [0.717, 1.165) is 19.3 Å². The first-order chi connectivity index (χ1) is 8.18. The van der Waals surface area contributed by atoms with Crippen LogP contribution in [-0.4, -0.2) is 43.3 Å². The summed E-state index contributed by atoms with van der Waals surface area (Å²) in [6.07, 6.45) is -1.28. The van der Waals surface area contributed by atoms with Crippen LogP contribution in [0.15, 0.2) is 0 Å². The Kier molecular flexibility index (Phi) is 5.06. The number of likely N-dealkylation sites (N-methyl/N-ethyl adjacent to an activating group) is 2. The Morgan fingerprint density at radius 2 is 1.94 bits per heavy atom. The molecule has 0 bridgehead atoms. The van der Waals surface area contributed by atoms with Crippen molar-refractivity contribution < 1.29 is 13.2 Å². The van der Waals surface area contributed by atoms with Crippen LogP contribution in [0.5, 0.6) is 0 Å². The molecule has 0 aromatic rings. The molecule has 0 heterocycles. The Bertz CT molecular complexity index is 263. The highest BCUT2D eigenvalue weighted by molar-refractivity contribution is 4.94. The standard InChI is InChI=1S/C13H25F3N2/c1-5-18(9-13(14,15)16)11-8-12(2,3)7-6-10(11)17-4/h10-11,17H,5-9H2,1-4H3. The highest BCUT2D eigenvalue weighted by Gasteiger charge is 2.40. The van der Waals surface area contributed by atoms with Crippen molar-refractivity contribution in [3.8, 4) is 0 Å². The van der Waals surface area contributed by atoms with Crippen molar-refractivity contribution in [3.63, 3.8) is 0 Å². The van der Waals surface area contributed by atoms with Gasteiger partial charge in [-0.15, -0.1) is 0 Å². The van der Waals surface area contributed by atoms with E-state index in [1.807, 2.05) is 7.05 Å². The SMILES string of the molecule is CCN(CC(F)(F)F)C1CC(C)(C)CCC1NC. The highest BCUT2D eigenvalue weighted by atomic mass is 19.4. The van der Waals surface area contributed by atoms with Gasteiger partial charge in [0, 0.05) is 12.1 Å². The van der Waals surface area contributed by atoms with E-state index in [2.05, 4.69) is 19.2 Å². The van der Waals surface area contributed by atoms with Gasteiger partial charge in [0.15, 0.2) is 0 Å². The van der Waals surface area contributed by atoms with Crippen LogP contribution in [0.4, 0.5) is 13.2 Å². The summed E-state index contributed by atoms with van der Waals surface area (Å²) in [5.74, 6) is 0. The maximum atomic E-state index is 12.6. The number of nitrogens with zero attached hydrogens (tertiary/aromatic N) is 1. The van der Waals surface area contributed by atoms with Crippen LogP contribution in [0.25, 0.3) is 0 Å². The van der Waals surface area contributed by atoms with E-state index in [1.54, 1.807) is 11.8 Å². The molecule has 2 atom stereocenters. The molecule has 2 unspecified atom stereocenters. The fourth-order valence-electron chi connectivity index (χ4n) is 2.96. The average Bonchev–Trinajstić information content (AvgIpc) is 2.23. The molecular formula is C13H25F3N2. The first kappa shape index (κ1) is 15.8. The third-order valence-electron chi connectivity index (χ3n) is 3.99. The van der Waals surface area contributed by atoms with Crippen molar-refractivity contribution in [1.29, 1.82) is 0 Å². The molecule has 1 fully saturated rings. The van der Waals surface area contributed by atoms with Crippen molar-refractivity contribution in [3.05, 3.63) is 0 Å². The summed E-state index contributed by atoms with van der Waals surface area (Å²) in [5.41, 5.74) is 0.136. The van der Waals surface area contributed by atoms with Crippen molar-refractivity contribution in [2.75, 3.05) is 20.1 Å². The van der Waals surface area contributed by atoms with Crippen molar-refractivity contribution >= 4 is 0 Å². The number of alkyl halides is 3. The Hall–Kier alpha value is -0.290. The molecule has 5 heteroatoms. The smallest absolute Gasteiger partial charge is 0.315 e. The fraction of sp³-hybridized carbons (Fsp3) is 1.00. The molecule has 0 amide bonds. The predicted octanol–water partition coefficient (Wildman–Crippen LogP) is 3.04. The Balaban J connectivity index is 2.79. The third kappa shape index (κ3) is 4.43. The van der Waals surface area contributed by atoms with Gasteiger partial charge in [0.05, 0.1) is 6.54 Å². The zero-order valence-corrected chi connectivity index (χ0v) is 11.8. The van der Waals surface area contributed by atoms with E-state index in [9.17, 15) is 13.2 Å². The molecule has 0 radical (unpaired) electrons. The lowest BCUT2D eigenvalue weighted by Gasteiger charge is -2.45. The second-order valence-corrected chi connectivity index (χ2v) is 6.05. The molecular weight excluding hydrogens is 241 g/mol. The quantitative estimate of drug-likeness (QED) is 0.841. The molecule has 1 aliphatic carbocycles. The zero-order valence-electron chi connectivity index (χ0n) is 11.8. The Morgan fingerprint density at radius 3 is 2.39 bits per heavy atom. The largest absolute Gasteiger partial charge is 0.401 e. The second kappa shape index (κ2) is 5.78. The average molecular weight is 266 g/mol. The lowest BCUT2D eigenvalue weighted by atomic mass is 9.72. The molecule has 108 valence electrons. The predicted molar refractivity (Wildman–Crippen MR) is 67.6 cm³/mol. The monoisotopic (exact) mass is 266 g/mol. The van der Waals surface area contributed by atoms with Gasteiger partial charge >= 0.3 is 6.18 Å². The van der Waals surface area contributed by atoms with Gasteiger partial charge in [-0.2, -0.15) is 13.2 Å². The van der Waals surface area contributed by atoms with Crippen LogP contribution >= 0.6 is 0 Å². The number of nitrogens with one attached hydrogen (secondary N) is 1. The lowest BCUT2D eigenvalue weighted by Crippen LogP contribution is -2.55. The van der Waals surface area contributed by atoms with Crippen LogP contribution in [0, 0.1) is 5.41 Å². The Morgan fingerprint density at radius 1 is 1.33 bits per heavy atom. The Labute approximate surface area is 108 Å². The van der Waals surface area contributed by atoms with Crippen LogP contribution in [0.3, 0.4) is 0 Å². The van der Waals surface area contributed by atoms with E-state index in [4.69, 9.17) is 0 Å². The van der Waals surface area contributed by atoms with Gasteiger partial charge in [-0.3, -0.25) is 4.90 Å². The first-order valence-electron chi connectivity index (χ1n) is 6.66. The lowest BCUT2D eigenvalue weighted by molar-refractivity contribution is -0.154. The molecule has 0 saturated heterocycles. The molecule has 0 spiro atoms. The molecule has 0 aliphatic heterocycles. The summed E-state index contributed by atoms with van der Waals surface area (Å²) in [4.78, 5) is 1.57. The van der Waals surface area contributed by atoms with Gasteiger partial charge in [0.2, 0.25) is 0 Å². The molecule has 0 aromatic heterocycles. The third-order valence-corrected chi connectivity index (χ3v) is 3.99. The van der Waals surface area contributed by atoms with Crippen molar-refractivity contribution in [2.45, 2.75) is 58.3 Å². The molecule has 1 saturated carbocycles. The fourth-order valence-corrected chi connectivity index (χ4v) is 2.96. The molecule has 1 N–H and O–H groups in total. The number of rotatable bonds is 4. The molecule has 1 rings (SSSR count). The highest BCUT2D eigenvalue weighted by Crippen LogP contribution is 2.38. The molecule has 18 heavy (non-hydrogen) atoms. The molecule has 2 nitrogen and oxygen atoms in total. The van der Waals surface area contributed by atoms with Crippen LogP contribution in [0.1, 0.15) is 40.0 Å². The number of hydrogen-bond donors (Lipinski definition) is 1. The summed E-state index contributed by atoms with van der Waals surface area (Å²) in [5, 5.41) is 3.18. The summed E-state index contributed by atoms with van der Waals surface area (Å²) in [6, 6.07) is 0.144. The second-order valence-electron chi connectivity index (χ2n) is 6.05. The summed E-state index contributed by atoms with van der Waals surface area (Å²) in [6.45, 7) is 5.74.